The molecule has 1 N–H and O–H groups in total. The second-order valence-corrected chi connectivity index (χ2v) is 6.49. The number of nitrogens with zero attached hydrogens (tertiary/aromatic N) is 1. The Morgan fingerprint density at radius 2 is 1.41 bits per heavy atom. The Morgan fingerprint density at radius 3 is 1.89 bits per heavy atom. The lowest BCUT2D eigenvalue weighted by molar-refractivity contribution is 0.159. The van der Waals surface area contributed by atoms with Gasteiger partial charge in [0.15, 0.2) is 23.3 Å². The molecule has 27 heavy (non-hydrogen) atoms. The van der Waals surface area contributed by atoms with E-state index >= 15 is 0 Å². The van der Waals surface area contributed by atoms with Crippen molar-refractivity contribution in [3.63, 3.8) is 0 Å². The molecule has 148 valence electrons. The fourth-order valence-electron chi connectivity index (χ4n) is 2.93. The van der Waals surface area contributed by atoms with Crippen LogP contribution in [-0.2, 0) is 0 Å². The molecule has 0 aliphatic carbocycles. The van der Waals surface area contributed by atoms with Crippen molar-refractivity contribution in [3.8, 4) is 0 Å². The number of hydrogen-bond donors (Lipinski definition) is 1. The Morgan fingerprint density at radius 1 is 0.889 bits per heavy atom. The van der Waals surface area contributed by atoms with Gasteiger partial charge in [-0.25, -0.2) is 22.0 Å². The summed E-state index contributed by atoms with van der Waals surface area (Å²) in [7, 11) is 0. The summed E-state index contributed by atoms with van der Waals surface area (Å²) >= 11 is 5.85. The third kappa shape index (κ3) is 4.59. The summed E-state index contributed by atoms with van der Waals surface area (Å²) in [6.07, 6.45) is 1.35. The van der Waals surface area contributed by atoms with Crippen LogP contribution in [0.5, 0.6) is 0 Å². The molecule has 0 radical (unpaired) electrons. The predicted octanol–water partition coefficient (Wildman–Crippen LogP) is 5.22. The molecule has 2 aromatic carbocycles. The van der Waals surface area contributed by atoms with E-state index in [1.165, 1.54) is 29.2 Å². The maximum absolute atomic E-state index is 14.5. The quantitative estimate of drug-likeness (QED) is 0.368. The Balaban J connectivity index is 2.71. The molecule has 0 aliphatic rings. The standard InChI is InChI=1S/C19H19ClF5NO/c1-2-3-8-26(9-10-27)19(11-4-6-12(20)7-5-11)13-14(21)16(23)18(25)17(24)15(13)22/h4-7,19,27H,2-3,8-10H2,1H3/t19-/m1/s1. The van der Waals surface area contributed by atoms with Gasteiger partial charge in [0.05, 0.1) is 18.2 Å². The van der Waals surface area contributed by atoms with E-state index in [0.717, 1.165) is 6.42 Å². The van der Waals surface area contributed by atoms with Gasteiger partial charge in [-0.15, -0.1) is 0 Å². The van der Waals surface area contributed by atoms with Gasteiger partial charge in [-0.2, -0.15) is 0 Å². The van der Waals surface area contributed by atoms with Crippen LogP contribution in [0, 0.1) is 29.1 Å². The molecule has 0 aliphatic heterocycles. The monoisotopic (exact) mass is 407 g/mol. The number of hydrogen-bond acceptors (Lipinski definition) is 2. The van der Waals surface area contributed by atoms with Gasteiger partial charge in [-0.1, -0.05) is 37.1 Å². The van der Waals surface area contributed by atoms with E-state index in [4.69, 9.17) is 11.6 Å². The van der Waals surface area contributed by atoms with Gasteiger partial charge in [0.25, 0.3) is 0 Å². The largest absolute Gasteiger partial charge is 0.395 e. The van der Waals surface area contributed by atoms with Crippen LogP contribution < -0.4 is 0 Å². The molecule has 0 spiro atoms. The van der Waals surface area contributed by atoms with Crippen LogP contribution in [0.2, 0.25) is 5.02 Å². The minimum absolute atomic E-state index is 0.00716. The second kappa shape index (κ2) is 9.48. The Hall–Kier alpha value is -1.70. The van der Waals surface area contributed by atoms with Crippen molar-refractivity contribution in [2.24, 2.45) is 0 Å². The average molecular weight is 408 g/mol. The van der Waals surface area contributed by atoms with Crippen molar-refractivity contribution in [1.29, 1.82) is 0 Å². The Kier molecular flexibility index (Phi) is 7.59. The summed E-state index contributed by atoms with van der Waals surface area (Å²) in [4.78, 5) is 1.49. The van der Waals surface area contributed by atoms with Crippen LogP contribution >= 0.6 is 11.6 Å². The van der Waals surface area contributed by atoms with E-state index in [2.05, 4.69) is 0 Å². The molecule has 2 aromatic rings. The average Bonchev–Trinajstić information content (AvgIpc) is 2.66. The van der Waals surface area contributed by atoms with Gasteiger partial charge in [-0.05, 0) is 30.7 Å². The highest BCUT2D eigenvalue weighted by molar-refractivity contribution is 6.30. The summed E-state index contributed by atoms with van der Waals surface area (Å²) in [6, 6.07) is 4.58. The van der Waals surface area contributed by atoms with Crippen LogP contribution in [0.1, 0.15) is 36.9 Å². The lowest BCUT2D eigenvalue weighted by Crippen LogP contribution is -2.35. The van der Waals surface area contributed by atoms with Gasteiger partial charge in [-0.3, -0.25) is 4.90 Å². The SMILES string of the molecule is CCCCN(CCO)[C@H](c1ccc(Cl)cc1)c1c(F)c(F)c(F)c(F)c1F. The number of halogens is 6. The smallest absolute Gasteiger partial charge is 0.200 e. The van der Waals surface area contributed by atoms with E-state index in [-0.39, 0.29) is 13.2 Å². The van der Waals surface area contributed by atoms with Gasteiger partial charge in [0, 0.05) is 11.6 Å². The summed E-state index contributed by atoms with van der Waals surface area (Å²) in [5, 5.41) is 9.71. The predicted molar refractivity (Wildman–Crippen MR) is 93.1 cm³/mol. The highest BCUT2D eigenvalue weighted by atomic mass is 35.5. The molecule has 8 heteroatoms. The van der Waals surface area contributed by atoms with Crippen LogP contribution in [0.15, 0.2) is 24.3 Å². The molecule has 2 nitrogen and oxygen atoms in total. The van der Waals surface area contributed by atoms with E-state index in [1.807, 2.05) is 6.92 Å². The van der Waals surface area contributed by atoms with E-state index < -0.39 is 40.7 Å². The van der Waals surface area contributed by atoms with Crippen molar-refractivity contribution in [2.45, 2.75) is 25.8 Å². The zero-order valence-corrected chi connectivity index (χ0v) is 15.3. The number of benzene rings is 2. The molecule has 0 heterocycles. The molecule has 0 amide bonds. The fraction of sp³-hybridized carbons (Fsp3) is 0.368. The molecule has 1 atom stereocenters. The van der Waals surface area contributed by atoms with Crippen LogP contribution in [-0.4, -0.2) is 29.7 Å². The maximum atomic E-state index is 14.5. The number of rotatable bonds is 8. The molecule has 0 saturated heterocycles. The lowest BCUT2D eigenvalue weighted by atomic mass is 9.95. The first kappa shape index (κ1) is 21.6. The van der Waals surface area contributed by atoms with Gasteiger partial charge in [0.2, 0.25) is 5.82 Å². The normalized spacial score (nSPS) is 12.6. The minimum atomic E-state index is -2.20. The highest BCUT2D eigenvalue weighted by Gasteiger charge is 2.34. The van der Waals surface area contributed by atoms with Crippen LogP contribution in [0.3, 0.4) is 0 Å². The Labute approximate surface area is 159 Å². The van der Waals surface area contributed by atoms with Gasteiger partial charge < -0.3 is 5.11 Å². The van der Waals surface area contributed by atoms with Crippen molar-refractivity contribution in [2.75, 3.05) is 19.7 Å². The first-order chi connectivity index (χ1) is 12.8. The number of aliphatic hydroxyl groups excluding tert-OH is 1. The summed E-state index contributed by atoms with van der Waals surface area (Å²) < 4.78 is 70.1. The van der Waals surface area contributed by atoms with E-state index in [1.54, 1.807) is 0 Å². The molecular formula is C19H19ClF5NO. The summed E-state index contributed by atoms with van der Waals surface area (Å²) in [5.41, 5.74) is -0.648. The zero-order chi connectivity index (χ0) is 20.1. The second-order valence-electron chi connectivity index (χ2n) is 6.05. The topological polar surface area (TPSA) is 23.5 Å². The van der Waals surface area contributed by atoms with Gasteiger partial charge >= 0.3 is 0 Å². The lowest BCUT2D eigenvalue weighted by Gasteiger charge is -2.32. The first-order valence-electron chi connectivity index (χ1n) is 8.45. The van der Waals surface area contributed by atoms with Crippen LogP contribution in [0.25, 0.3) is 0 Å². The first-order valence-corrected chi connectivity index (χ1v) is 8.82. The summed E-state index contributed by atoms with van der Waals surface area (Å²) in [5.74, 6) is -9.97. The van der Waals surface area contributed by atoms with Crippen molar-refractivity contribution in [3.05, 3.63) is 69.5 Å². The zero-order valence-electron chi connectivity index (χ0n) is 14.6. The highest BCUT2D eigenvalue weighted by Crippen LogP contribution is 2.36. The van der Waals surface area contributed by atoms with E-state index in [0.29, 0.717) is 23.6 Å². The van der Waals surface area contributed by atoms with Gasteiger partial charge in [0.1, 0.15) is 0 Å². The van der Waals surface area contributed by atoms with E-state index in [9.17, 15) is 27.1 Å². The third-order valence-electron chi connectivity index (χ3n) is 4.25. The number of aliphatic hydroxyl groups is 1. The molecule has 0 saturated carbocycles. The molecule has 0 bridgehead atoms. The van der Waals surface area contributed by atoms with Crippen LogP contribution in [0.4, 0.5) is 22.0 Å². The third-order valence-corrected chi connectivity index (χ3v) is 4.51. The van der Waals surface area contributed by atoms with Crippen molar-refractivity contribution < 1.29 is 27.1 Å². The Bertz CT molecular complexity index is 756. The molecule has 0 fully saturated rings. The van der Waals surface area contributed by atoms with Crippen molar-refractivity contribution in [1.82, 2.24) is 4.90 Å². The molecular weight excluding hydrogens is 389 g/mol. The number of unbranched alkanes of at least 4 members (excludes halogenated alkanes) is 1. The molecule has 0 unspecified atom stereocenters. The molecule has 2 rings (SSSR count). The fourth-order valence-corrected chi connectivity index (χ4v) is 3.05. The minimum Gasteiger partial charge on any atom is -0.395 e. The maximum Gasteiger partial charge on any atom is 0.200 e. The summed E-state index contributed by atoms with van der Waals surface area (Å²) in [6.45, 7) is 1.84. The molecule has 0 aromatic heterocycles. The van der Waals surface area contributed by atoms with Crippen molar-refractivity contribution >= 4 is 11.6 Å².